The van der Waals surface area contributed by atoms with Crippen LogP contribution in [-0.4, -0.2) is 88.7 Å². The predicted molar refractivity (Wildman–Crippen MR) is 151 cm³/mol. The van der Waals surface area contributed by atoms with Crippen molar-refractivity contribution in [3.63, 3.8) is 0 Å². The second kappa shape index (κ2) is 12.3. The number of rotatable bonds is 10. The van der Waals surface area contributed by atoms with Crippen LogP contribution >= 0.6 is 0 Å². The fraction of sp³-hybridized carbons (Fsp3) is 0.679. The van der Waals surface area contributed by atoms with E-state index in [2.05, 4.69) is 45.7 Å². The Morgan fingerprint density at radius 3 is 2.51 bits per heavy atom. The number of anilines is 1. The molecule has 1 saturated carbocycles. The van der Waals surface area contributed by atoms with Crippen molar-refractivity contribution in [1.29, 1.82) is 0 Å². The van der Waals surface area contributed by atoms with E-state index in [-0.39, 0.29) is 35.5 Å². The second-order valence-electron chi connectivity index (χ2n) is 11.6. The van der Waals surface area contributed by atoms with Crippen LogP contribution in [0.3, 0.4) is 0 Å². The lowest BCUT2D eigenvalue weighted by Gasteiger charge is -2.45. The second-order valence-corrected chi connectivity index (χ2v) is 14.2. The molecule has 9 nitrogen and oxygen atoms in total. The smallest absolute Gasteiger partial charge is 0.406 e. The zero-order valence-corrected chi connectivity index (χ0v) is 25.0. The number of fused-ring (bicyclic) bond motifs is 1. The lowest BCUT2D eigenvalue weighted by atomic mass is 9.80. The van der Waals surface area contributed by atoms with Crippen LogP contribution in [0.4, 0.5) is 19.0 Å². The summed E-state index contributed by atoms with van der Waals surface area (Å²) < 4.78 is 68.5. The van der Waals surface area contributed by atoms with Gasteiger partial charge in [0.15, 0.2) is 9.84 Å². The minimum atomic E-state index is -4.85. The van der Waals surface area contributed by atoms with Gasteiger partial charge in [0.2, 0.25) is 5.91 Å². The van der Waals surface area contributed by atoms with Crippen LogP contribution in [0.25, 0.3) is 10.9 Å². The molecule has 1 aliphatic carbocycles. The summed E-state index contributed by atoms with van der Waals surface area (Å²) in [4.78, 5) is 26.2. The van der Waals surface area contributed by atoms with Crippen LogP contribution in [0.5, 0.6) is 5.75 Å². The van der Waals surface area contributed by atoms with E-state index in [1.54, 1.807) is 13.8 Å². The first-order valence-corrected chi connectivity index (χ1v) is 16.0. The van der Waals surface area contributed by atoms with Gasteiger partial charge >= 0.3 is 6.36 Å². The summed E-state index contributed by atoms with van der Waals surface area (Å²) >= 11 is 0. The van der Waals surface area contributed by atoms with E-state index in [1.165, 1.54) is 24.5 Å². The lowest BCUT2D eigenvalue weighted by molar-refractivity contribution is -0.274. The maximum Gasteiger partial charge on any atom is 0.573 e. The highest BCUT2D eigenvalue weighted by molar-refractivity contribution is 7.91. The highest BCUT2D eigenvalue weighted by Gasteiger charge is 2.44. The van der Waals surface area contributed by atoms with Crippen molar-refractivity contribution in [1.82, 2.24) is 19.8 Å². The Morgan fingerprint density at radius 1 is 1.15 bits per heavy atom. The molecule has 0 radical (unpaired) electrons. The van der Waals surface area contributed by atoms with Crippen molar-refractivity contribution in [2.24, 2.45) is 5.92 Å². The fourth-order valence-electron chi connectivity index (χ4n) is 6.33. The molecule has 4 rings (SSSR count). The van der Waals surface area contributed by atoms with Crippen LogP contribution in [0.2, 0.25) is 0 Å². The molecule has 1 aliphatic heterocycles. The minimum absolute atomic E-state index is 0.0297. The number of carbonyl (C=O) groups is 1. The van der Waals surface area contributed by atoms with Gasteiger partial charge in [-0.05, 0) is 84.0 Å². The highest BCUT2D eigenvalue weighted by atomic mass is 32.2. The van der Waals surface area contributed by atoms with Gasteiger partial charge in [-0.1, -0.05) is 6.92 Å². The van der Waals surface area contributed by atoms with E-state index in [0.29, 0.717) is 42.8 Å². The Labute approximate surface area is 239 Å². The number of aromatic nitrogens is 2. The van der Waals surface area contributed by atoms with E-state index in [9.17, 15) is 26.4 Å². The van der Waals surface area contributed by atoms with Crippen molar-refractivity contribution in [3.05, 3.63) is 24.5 Å². The number of benzene rings is 1. The Morgan fingerprint density at radius 2 is 1.88 bits per heavy atom. The van der Waals surface area contributed by atoms with Crippen molar-refractivity contribution in [3.8, 4) is 5.75 Å². The van der Waals surface area contributed by atoms with Gasteiger partial charge in [0.05, 0.1) is 16.5 Å². The van der Waals surface area contributed by atoms with Crippen molar-refractivity contribution < 1.29 is 31.1 Å². The average molecular weight is 600 g/mol. The average Bonchev–Trinajstić information content (AvgIpc) is 3.23. The molecule has 2 aliphatic rings. The molecule has 2 heterocycles. The summed E-state index contributed by atoms with van der Waals surface area (Å²) in [6.45, 7) is 11.1. The molecule has 13 heteroatoms. The first-order chi connectivity index (χ1) is 19.2. The number of ether oxygens (including phenoxy) is 1. The fourth-order valence-corrected chi connectivity index (χ4v) is 7.67. The Bertz CT molecular complexity index is 1340. The van der Waals surface area contributed by atoms with Gasteiger partial charge in [-0.25, -0.2) is 18.4 Å². The molecular weight excluding hydrogens is 559 g/mol. The quantitative estimate of drug-likeness (QED) is 0.422. The molecule has 1 amide bonds. The summed E-state index contributed by atoms with van der Waals surface area (Å²) in [5, 5.41) is 2.92. The zero-order chi connectivity index (χ0) is 30.1. The minimum Gasteiger partial charge on any atom is -0.406 e. The van der Waals surface area contributed by atoms with Crippen molar-refractivity contribution >= 4 is 32.5 Å². The van der Waals surface area contributed by atoms with E-state index >= 15 is 0 Å². The normalized spacial score (nSPS) is 24.2. The third kappa shape index (κ3) is 7.22. The standard InChI is InChI=1S/C28H40F3N5O4S/c1-6-35(17(2)3)20-7-10-25(19(13-20)15-41(38,39)18(4)5)36-12-11-24(27(36)37)34-26-22-14-21(40-28(29,30)31)8-9-23(22)32-16-33-26/h8-9,14,16-20,24-25H,6-7,10-13,15H2,1-5H3,(H,32,33,34)/t19-,20+,24-,25-/m0/s1. The number of nitrogens with zero attached hydrogens (tertiary/aromatic N) is 4. The van der Waals surface area contributed by atoms with Crippen molar-refractivity contribution in [2.75, 3.05) is 24.2 Å². The van der Waals surface area contributed by atoms with Gasteiger partial charge in [-0.3, -0.25) is 9.69 Å². The molecule has 1 aromatic carbocycles. The van der Waals surface area contributed by atoms with Crippen LogP contribution in [-0.2, 0) is 14.6 Å². The third-order valence-electron chi connectivity index (χ3n) is 8.37. The number of nitrogens with one attached hydrogen (secondary N) is 1. The van der Waals surface area contributed by atoms with Gasteiger partial charge in [0.25, 0.3) is 0 Å². The van der Waals surface area contributed by atoms with Gasteiger partial charge in [-0.15, -0.1) is 13.2 Å². The monoisotopic (exact) mass is 599 g/mol. The maximum absolute atomic E-state index is 13.7. The molecule has 4 atom stereocenters. The van der Waals surface area contributed by atoms with E-state index in [0.717, 1.165) is 13.0 Å². The number of sulfone groups is 1. The topological polar surface area (TPSA) is 105 Å². The largest absolute Gasteiger partial charge is 0.573 e. The maximum atomic E-state index is 13.7. The molecule has 1 aromatic heterocycles. The van der Waals surface area contributed by atoms with Gasteiger partial charge in [0, 0.05) is 30.1 Å². The summed E-state index contributed by atoms with van der Waals surface area (Å²) in [6.07, 6.45) is -0.827. The first-order valence-electron chi connectivity index (χ1n) is 14.2. The molecule has 0 unspecified atom stereocenters. The summed E-state index contributed by atoms with van der Waals surface area (Å²) in [5.41, 5.74) is 0.405. The SMILES string of the molecule is CCN(C(C)C)[C@@H]1CC[C@H](N2CC[C@H](Nc3ncnc4ccc(OC(F)(F)F)cc34)C2=O)[C@H](CS(=O)(=O)C(C)C)C1. The van der Waals surface area contributed by atoms with Crippen LogP contribution in [0.15, 0.2) is 24.5 Å². The Balaban J connectivity index is 1.55. The highest BCUT2D eigenvalue weighted by Crippen LogP contribution is 2.36. The molecule has 1 saturated heterocycles. The van der Waals surface area contributed by atoms with Gasteiger partial charge in [0.1, 0.15) is 23.9 Å². The molecule has 41 heavy (non-hydrogen) atoms. The molecule has 2 aromatic rings. The van der Waals surface area contributed by atoms with Crippen LogP contribution in [0.1, 0.15) is 60.3 Å². The zero-order valence-electron chi connectivity index (χ0n) is 24.2. The number of amides is 1. The van der Waals surface area contributed by atoms with Crippen LogP contribution < -0.4 is 10.1 Å². The molecule has 1 N–H and O–H groups in total. The predicted octanol–water partition coefficient (Wildman–Crippen LogP) is 4.63. The van der Waals surface area contributed by atoms with E-state index in [4.69, 9.17) is 0 Å². The molecule has 228 valence electrons. The van der Waals surface area contributed by atoms with Gasteiger partial charge < -0.3 is 15.0 Å². The number of halogens is 3. The third-order valence-corrected chi connectivity index (χ3v) is 10.7. The number of alkyl halides is 3. The Kier molecular flexibility index (Phi) is 9.37. The number of hydrogen-bond donors (Lipinski definition) is 1. The lowest BCUT2D eigenvalue weighted by Crippen LogP contribution is -2.53. The van der Waals surface area contributed by atoms with Crippen LogP contribution in [0, 0.1) is 5.92 Å². The van der Waals surface area contributed by atoms with E-state index in [1.807, 2.05) is 4.90 Å². The van der Waals surface area contributed by atoms with E-state index < -0.39 is 33.2 Å². The number of carbonyl (C=O) groups excluding carboxylic acids is 1. The molecule has 2 fully saturated rings. The van der Waals surface area contributed by atoms with Gasteiger partial charge in [-0.2, -0.15) is 0 Å². The number of hydrogen-bond acceptors (Lipinski definition) is 8. The van der Waals surface area contributed by atoms with Crippen molar-refractivity contribution in [2.45, 2.75) is 96.1 Å². The number of likely N-dealkylation sites (tertiary alicyclic amines) is 1. The summed E-state index contributed by atoms with van der Waals surface area (Å²) in [6, 6.07) is 3.50. The molecular formula is C28H40F3N5O4S. The molecule has 0 spiro atoms. The Hall–Kier alpha value is -2.67. The molecule has 0 bridgehead atoms. The summed E-state index contributed by atoms with van der Waals surface area (Å²) in [7, 11) is -3.34. The first kappa shape index (κ1) is 31.3. The summed E-state index contributed by atoms with van der Waals surface area (Å²) in [5.74, 6) is -0.497.